The highest BCUT2D eigenvalue weighted by Gasteiger charge is 2.24. The number of nitrogens with one attached hydrogen (secondary N) is 1. The Kier molecular flexibility index (Phi) is 4.49. The Labute approximate surface area is 123 Å². The molecule has 0 spiro atoms. The normalized spacial score (nSPS) is 11.6. The molecule has 2 aromatic rings. The highest BCUT2D eigenvalue weighted by molar-refractivity contribution is 7.93. The maximum Gasteiger partial charge on any atom is 0.266 e. The van der Waals surface area contributed by atoms with Gasteiger partial charge in [-0.25, -0.2) is 17.2 Å². The van der Waals surface area contributed by atoms with Crippen LogP contribution in [0.15, 0.2) is 17.0 Å². The molecule has 0 radical (unpaired) electrons. The number of sulfonamides is 1. The molecule has 114 valence electrons. The van der Waals surface area contributed by atoms with Gasteiger partial charge in [0.1, 0.15) is 9.90 Å². The van der Waals surface area contributed by atoms with Crippen molar-refractivity contribution in [3.05, 3.63) is 34.3 Å². The summed E-state index contributed by atoms with van der Waals surface area (Å²) in [5, 5.41) is 16.8. The van der Waals surface area contributed by atoms with E-state index in [1.54, 1.807) is 0 Å². The summed E-state index contributed by atoms with van der Waals surface area (Å²) in [6.07, 6.45) is 0.572. The maximum absolute atomic E-state index is 13.7. The van der Waals surface area contributed by atoms with Crippen LogP contribution in [0.5, 0.6) is 0 Å². The van der Waals surface area contributed by atoms with Crippen molar-refractivity contribution in [3.8, 4) is 0 Å². The molecule has 2 rings (SSSR count). The van der Waals surface area contributed by atoms with Crippen molar-refractivity contribution in [1.82, 2.24) is 10.2 Å². The lowest BCUT2D eigenvalue weighted by atomic mass is 10.2. The number of halogens is 2. The average molecular weight is 335 g/mol. The molecule has 21 heavy (non-hydrogen) atoms. The zero-order valence-corrected chi connectivity index (χ0v) is 12.4. The molecule has 0 aliphatic heterocycles. The second-order valence-corrected chi connectivity index (χ2v) is 6.72. The Balaban J connectivity index is 2.41. The van der Waals surface area contributed by atoms with Gasteiger partial charge in [0, 0.05) is 0 Å². The van der Waals surface area contributed by atoms with Crippen LogP contribution in [0.25, 0.3) is 0 Å². The molecule has 0 amide bonds. The van der Waals surface area contributed by atoms with Gasteiger partial charge in [-0.1, -0.05) is 18.3 Å². The standard InChI is InChI=1S/C11H11F2N3O3S2/c1-2-9-14-15-11(20-9)16-21(18,19)8-4-6(5-17)3-7(12)10(8)13/h3-4,17H,2,5H2,1H3,(H,15,16). The minimum Gasteiger partial charge on any atom is -0.392 e. The first kappa shape index (κ1) is 15.7. The number of aromatic nitrogens is 2. The van der Waals surface area contributed by atoms with Crippen LogP contribution in [0.3, 0.4) is 0 Å². The van der Waals surface area contributed by atoms with Gasteiger partial charge < -0.3 is 5.11 Å². The van der Waals surface area contributed by atoms with Gasteiger partial charge in [-0.3, -0.25) is 4.72 Å². The number of rotatable bonds is 5. The van der Waals surface area contributed by atoms with Gasteiger partial charge in [0.2, 0.25) is 5.13 Å². The van der Waals surface area contributed by atoms with Gasteiger partial charge >= 0.3 is 0 Å². The molecule has 1 aromatic carbocycles. The summed E-state index contributed by atoms with van der Waals surface area (Å²) < 4.78 is 53.2. The Morgan fingerprint density at radius 2 is 2.05 bits per heavy atom. The fourth-order valence-corrected chi connectivity index (χ4v) is 3.56. The van der Waals surface area contributed by atoms with E-state index in [0.29, 0.717) is 11.4 Å². The van der Waals surface area contributed by atoms with Gasteiger partial charge in [-0.05, 0) is 24.1 Å². The number of aliphatic hydroxyl groups is 1. The number of hydrogen-bond acceptors (Lipinski definition) is 6. The predicted octanol–water partition coefficient (Wildman–Crippen LogP) is 1.67. The molecule has 0 bridgehead atoms. The van der Waals surface area contributed by atoms with Crippen LogP contribution in [-0.2, 0) is 23.1 Å². The number of benzene rings is 1. The molecule has 1 heterocycles. The molecule has 1 aromatic heterocycles. The lowest BCUT2D eigenvalue weighted by molar-refractivity contribution is 0.280. The van der Waals surface area contributed by atoms with Crippen LogP contribution < -0.4 is 4.72 Å². The van der Waals surface area contributed by atoms with E-state index in [-0.39, 0.29) is 10.7 Å². The molecule has 0 saturated heterocycles. The first-order valence-electron chi connectivity index (χ1n) is 5.81. The number of hydrogen-bond donors (Lipinski definition) is 2. The number of aryl methyl sites for hydroxylation is 1. The van der Waals surface area contributed by atoms with Crippen molar-refractivity contribution < 1.29 is 22.3 Å². The lowest BCUT2D eigenvalue weighted by Gasteiger charge is -2.08. The molecule has 6 nitrogen and oxygen atoms in total. The third kappa shape index (κ3) is 3.34. The monoisotopic (exact) mass is 335 g/mol. The first-order chi connectivity index (χ1) is 9.87. The zero-order chi connectivity index (χ0) is 15.6. The third-order valence-corrected chi connectivity index (χ3v) is 4.97. The topological polar surface area (TPSA) is 92.2 Å². The van der Waals surface area contributed by atoms with E-state index in [0.717, 1.165) is 23.5 Å². The highest BCUT2D eigenvalue weighted by Crippen LogP contribution is 2.24. The summed E-state index contributed by atoms with van der Waals surface area (Å²) in [6.45, 7) is 1.21. The van der Waals surface area contributed by atoms with Crippen LogP contribution >= 0.6 is 11.3 Å². The molecule has 0 aliphatic rings. The van der Waals surface area contributed by atoms with Crippen molar-refractivity contribution in [2.75, 3.05) is 4.72 Å². The quantitative estimate of drug-likeness (QED) is 0.867. The van der Waals surface area contributed by atoms with E-state index >= 15 is 0 Å². The molecule has 0 unspecified atom stereocenters. The maximum atomic E-state index is 13.7. The minimum absolute atomic E-state index is 0.0407. The Morgan fingerprint density at radius 1 is 1.33 bits per heavy atom. The van der Waals surface area contributed by atoms with Crippen LogP contribution in [-0.4, -0.2) is 23.7 Å². The number of nitrogens with zero attached hydrogens (tertiary/aromatic N) is 2. The summed E-state index contributed by atoms with van der Waals surface area (Å²) in [4.78, 5) is -0.889. The van der Waals surface area contributed by atoms with E-state index in [2.05, 4.69) is 10.2 Å². The molecule has 0 atom stereocenters. The van der Waals surface area contributed by atoms with E-state index < -0.39 is 33.2 Å². The molecule has 0 saturated carbocycles. The van der Waals surface area contributed by atoms with Crippen molar-refractivity contribution in [3.63, 3.8) is 0 Å². The summed E-state index contributed by atoms with van der Waals surface area (Å²) >= 11 is 0.996. The zero-order valence-electron chi connectivity index (χ0n) is 10.8. The second-order valence-electron chi connectivity index (χ2n) is 4.01. The fraction of sp³-hybridized carbons (Fsp3) is 0.273. The molecular formula is C11H11F2N3O3S2. The van der Waals surface area contributed by atoms with E-state index in [4.69, 9.17) is 5.11 Å². The van der Waals surface area contributed by atoms with Gasteiger partial charge in [0.25, 0.3) is 10.0 Å². The summed E-state index contributed by atoms with van der Waals surface area (Å²) in [7, 11) is -4.36. The van der Waals surface area contributed by atoms with Crippen molar-refractivity contribution >= 4 is 26.5 Å². The summed E-state index contributed by atoms with van der Waals surface area (Å²) in [5.41, 5.74) is -0.0548. The van der Waals surface area contributed by atoms with Gasteiger partial charge in [-0.2, -0.15) is 0 Å². The number of aliphatic hydroxyl groups excluding tert-OH is 1. The van der Waals surface area contributed by atoms with Crippen LogP contribution in [0.1, 0.15) is 17.5 Å². The third-order valence-electron chi connectivity index (χ3n) is 2.52. The van der Waals surface area contributed by atoms with Gasteiger partial charge in [0.05, 0.1) is 6.61 Å². The Morgan fingerprint density at radius 3 is 2.62 bits per heavy atom. The molecule has 0 fully saturated rings. The largest absolute Gasteiger partial charge is 0.392 e. The summed E-state index contributed by atoms with van der Waals surface area (Å²) in [5.74, 6) is -2.87. The molecule has 0 aliphatic carbocycles. The van der Waals surface area contributed by atoms with Crippen molar-refractivity contribution in [1.29, 1.82) is 0 Å². The molecule has 10 heteroatoms. The highest BCUT2D eigenvalue weighted by atomic mass is 32.2. The predicted molar refractivity (Wildman–Crippen MR) is 72.4 cm³/mol. The van der Waals surface area contributed by atoms with Gasteiger partial charge in [0.15, 0.2) is 11.6 Å². The summed E-state index contributed by atoms with van der Waals surface area (Å²) in [6, 6.07) is 1.59. The fourth-order valence-electron chi connectivity index (χ4n) is 1.51. The first-order valence-corrected chi connectivity index (χ1v) is 8.11. The van der Waals surface area contributed by atoms with Gasteiger partial charge in [-0.15, -0.1) is 10.2 Å². The number of anilines is 1. The van der Waals surface area contributed by atoms with Crippen LogP contribution in [0.4, 0.5) is 13.9 Å². The Bertz CT molecular complexity index is 762. The van der Waals surface area contributed by atoms with Crippen LogP contribution in [0, 0.1) is 11.6 Å². The average Bonchev–Trinajstić information content (AvgIpc) is 2.88. The van der Waals surface area contributed by atoms with E-state index in [9.17, 15) is 17.2 Å². The van der Waals surface area contributed by atoms with Crippen LogP contribution in [0.2, 0.25) is 0 Å². The van der Waals surface area contributed by atoms with E-state index in [1.165, 1.54) is 0 Å². The molecular weight excluding hydrogens is 324 g/mol. The van der Waals surface area contributed by atoms with E-state index in [1.807, 2.05) is 11.6 Å². The van der Waals surface area contributed by atoms with Crippen molar-refractivity contribution in [2.24, 2.45) is 0 Å². The smallest absolute Gasteiger partial charge is 0.266 e. The lowest BCUT2D eigenvalue weighted by Crippen LogP contribution is -2.16. The Hall–Kier alpha value is -1.65. The SMILES string of the molecule is CCc1nnc(NS(=O)(=O)c2cc(CO)cc(F)c2F)s1. The minimum atomic E-state index is -4.36. The molecule has 2 N–H and O–H groups in total. The van der Waals surface area contributed by atoms with Crippen molar-refractivity contribution in [2.45, 2.75) is 24.8 Å². The second kappa shape index (κ2) is 6.00.